The molecule has 2 aromatic rings. The van der Waals surface area contributed by atoms with Crippen LogP contribution in [0.4, 0.5) is 11.4 Å². The number of fused-ring (bicyclic) bond motifs is 1. The van der Waals surface area contributed by atoms with E-state index in [0.717, 1.165) is 16.8 Å². The molecule has 1 unspecified atom stereocenters. The van der Waals surface area contributed by atoms with Gasteiger partial charge in [-0.05, 0) is 32.4 Å². The van der Waals surface area contributed by atoms with Gasteiger partial charge in [0, 0.05) is 35.6 Å². The van der Waals surface area contributed by atoms with Crippen molar-refractivity contribution in [2.24, 2.45) is 0 Å². The number of aryl methyl sites for hydroxylation is 1. The summed E-state index contributed by atoms with van der Waals surface area (Å²) in [4.78, 5) is 14.8. The molecule has 20 heavy (non-hydrogen) atoms. The molecule has 0 aliphatic carbocycles. The number of nitrogens with zero attached hydrogens (tertiary/aromatic N) is 2. The molecule has 0 spiro atoms. The Balaban J connectivity index is 2.42. The van der Waals surface area contributed by atoms with Crippen molar-refractivity contribution in [2.45, 2.75) is 26.4 Å². The Labute approximate surface area is 116 Å². The van der Waals surface area contributed by atoms with E-state index in [9.17, 15) is 15.2 Å². The van der Waals surface area contributed by atoms with Crippen LogP contribution in [-0.4, -0.2) is 27.7 Å². The first kappa shape index (κ1) is 14.2. The summed E-state index contributed by atoms with van der Waals surface area (Å²) in [5.41, 5.74) is 1.67. The van der Waals surface area contributed by atoms with Gasteiger partial charge < -0.3 is 10.4 Å². The van der Waals surface area contributed by atoms with Gasteiger partial charge in [0.15, 0.2) is 0 Å². The number of aromatic nitrogens is 1. The number of non-ortho nitro benzene ring substituents is 1. The van der Waals surface area contributed by atoms with E-state index in [1.165, 1.54) is 12.3 Å². The monoisotopic (exact) mass is 275 g/mol. The Morgan fingerprint density at radius 3 is 2.85 bits per heavy atom. The maximum Gasteiger partial charge on any atom is 0.278 e. The number of aliphatic hydroxyl groups is 1. The lowest BCUT2D eigenvalue weighted by Crippen LogP contribution is -2.10. The lowest BCUT2D eigenvalue weighted by molar-refractivity contribution is -0.383. The normalized spacial score (nSPS) is 12.3. The maximum absolute atomic E-state index is 11.0. The lowest BCUT2D eigenvalue weighted by Gasteiger charge is -2.11. The molecule has 0 bridgehead atoms. The van der Waals surface area contributed by atoms with Gasteiger partial charge in [-0.2, -0.15) is 0 Å². The fourth-order valence-electron chi connectivity index (χ4n) is 2.06. The van der Waals surface area contributed by atoms with Gasteiger partial charge in [-0.15, -0.1) is 0 Å². The SMILES string of the molecule is Cc1cc2c(NCCC(C)O)ccc([N+](=O)[O-])c2cn1. The molecule has 1 aromatic carbocycles. The highest BCUT2D eigenvalue weighted by Crippen LogP contribution is 2.31. The predicted octanol–water partition coefficient (Wildman–Crippen LogP) is 2.63. The van der Waals surface area contributed by atoms with E-state index in [1.807, 2.05) is 13.0 Å². The van der Waals surface area contributed by atoms with Crippen molar-refractivity contribution in [2.75, 3.05) is 11.9 Å². The topological polar surface area (TPSA) is 88.3 Å². The largest absolute Gasteiger partial charge is 0.393 e. The molecular formula is C14H17N3O3. The number of nitro benzene ring substituents is 1. The minimum atomic E-state index is -0.404. The molecule has 2 N–H and O–H groups in total. The number of rotatable bonds is 5. The molecule has 6 nitrogen and oxygen atoms in total. The van der Waals surface area contributed by atoms with Crippen molar-refractivity contribution in [1.82, 2.24) is 4.98 Å². The summed E-state index contributed by atoms with van der Waals surface area (Å²) in [5.74, 6) is 0. The van der Waals surface area contributed by atoms with Gasteiger partial charge in [-0.1, -0.05) is 0 Å². The summed E-state index contributed by atoms with van der Waals surface area (Å²) in [6.07, 6.45) is 1.76. The van der Waals surface area contributed by atoms with Gasteiger partial charge in [0.05, 0.1) is 16.4 Å². The fourth-order valence-corrected chi connectivity index (χ4v) is 2.06. The van der Waals surface area contributed by atoms with Crippen molar-refractivity contribution < 1.29 is 10.0 Å². The second-order valence-corrected chi connectivity index (χ2v) is 4.83. The highest BCUT2D eigenvalue weighted by atomic mass is 16.6. The van der Waals surface area contributed by atoms with Crippen molar-refractivity contribution in [3.05, 3.63) is 40.2 Å². The van der Waals surface area contributed by atoms with Crippen LogP contribution in [0.3, 0.4) is 0 Å². The standard InChI is InChI=1S/C14H17N3O3/c1-9-7-11-12(8-16-9)14(17(19)20)4-3-13(11)15-6-5-10(2)18/h3-4,7-8,10,15,18H,5-6H2,1-2H3. The Bertz CT molecular complexity index is 641. The highest BCUT2D eigenvalue weighted by Gasteiger charge is 2.14. The molecule has 0 amide bonds. The van der Waals surface area contributed by atoms with Gasteiger partial charge in [0.2, 0.25) is 0 Å². The molecule has 1 aromatic heterocycles. The van der Waals surface area contributed by atoms with Crippen LogP contribution in [0.25, 0.3) is 10.8 Å². The van der Waals surface area contributed by atoms with Crippen LogP contribution >= 0.6 is 0 Å². The molecular weight excluding hydrogens is 258 g/mol. The zero-order valence-electron chi connectivity index (χ0n) is 11.5. The fraction of sp³-hybridized carbons (Fsp3) is 0.357. The molecule has 0 saturated carbocycles. The van der Waals surface area contributed by atoms with Gasteiger partial charge >= 0.3 is 0 Å². The molecule has 1 atom stereocenters. The van der Waals surface area contributed by atoms with Crippen molar-refractivity contribution in [1.29, 1.82) is 0 Å². The van der Waals surface area contributed by atoms with E-state index in [4.69, 9.17) is 0 Å². The molecule has 6 heteroatoms. The molecule has 0 fully saturated rings. The van der Waals surface area contributed by atoms with Crippen LogP contribution in [0.1, 0.15) is 19.0 Å². The third-order valence-corrected chi connectivity index (χ3v) is 3.09. The number of hydrogen-bond acceptors (Lipinski definition) is 5. The van der Waals surface area contributed by atoms with E-state index >= 15 is 0 Å². The molecule has 106 valence electrons. The summed E-state index contributed by atoms with van der Waals surface area (Å²) in [7, 11) is 0. The second-order valence-electron chi connectivity index (χ2n) is 4.83. The second kappa shape index (κ2) is 5.83. The zero-order chi connectivity index (χ0) is 14.7. The Kier molecular flexibility index (Phi) is 4.14. The Morgan fingerprint density at radius 2 is 2.20 bits per heavy atom. The third-order valence-electron chi connectivity index (χ3n) is 3.09. The van der Waals surface area contributed by atoms with E-state index in [2.05, 4.69) is 10.3 Å². The minimum absolute atomic E-state index is 0.0496. The number of aliphatic hydroxyl groups excluding tert-OH is 1. The average Bonchev–Trinajstić information content (AvgIpc) is 2.38. The van der Waals surface area contributed by atoms with Crippen LogP contribution in [0, 0.1) is 17.0 Å². The summed E-state index contributed by atoms with van der Waals surface area (Å²) in [5, 5.41) is 24.8. The number of benzene rings is 1. The summed E-state index contributed by atoms with van der Waals surface area (Å²) >= 11 is 0. The van der Waals surface area contributed by atoms with Crippen LogP contribution in [-0.2, 0) is 0 Å². The first-order valence-electron chi connectivity index (χ1n) is 6.44. The Hall–Kier alpha value is -2.21. The van der Waals surface area contributed by atoms with Crippen LogP contribution in [0.15, 0.2) is 24.4 Å². The summed E-state index contributed by atoms with van der Waals surface area (Å²) in [6, 6.07) is 5.00. The van der Waals surface area contributed by atoms with E-state index in [1.54, 1.807) is 13.0 Å². The quantitative estimate of drug-likeness (QED) is 0.647. The summed E-state index contributed by atoms with van der Waals surface area (Å²) in [6.45, 7) is 4.17. The van der Waals surface area contributed by atoms with Gasteiger partial charge in [-0.25, -0.2) is 0 Å². The lowest BCUT2D eigenvalue weighted by atomic mass is 10.1. The van der Waals surface area contributed by atoms with E-state index < -0.39 is 4.92 Å². The number of pyridine rings is 1. The number of nitrogens with one attached hydrogen (secondary N) is 1. The molecule has 2 rings (SSSR count). The van der Waals surface area contributed by atoms with Crippen molar-refractivity contribution in [3.8, 4) is 0 Å². The van der Waals surface area contributed by atoms with Crippen LogP contribution in [0.2, 0.25) is 0 Å². The Morgan fingerprint density at radius 1 is 1.45 bits per heavy atom. The number of anilines is 1. The zero-order valence-corrected chi connectivity index (χ0v) is 11.5. The first-order valence-corrected chi connectivity index (χ1v) is 6.44. The number of nitro groups is 1. The van der Waals surface area contributed by atoms with Crippen molar-refractivity contribution in [3.63, 3.8) is 0 Å². The average molecular weight is 275 g/mol. The van der Waals surface area contributed by atoms with Gasteiger partial charge in [0.25, 0.3) is 5.69 Å². The third kappa shape index (κ3) is 3.03. The summed E-state index contributed by atoms with van der Waals surface area (Å²) < 4.78 is 0. The van der Waals surface area contributed by atoms with Gasteiger partial charge in [-0.3, -0.25) is 15.1 Å². The van der Waals surface area contributed by atoms with E-state index in [-0.39, 0.29) is 11.8 Å². The number of hydrogen-bond donors (Lipinski definition) is 2. The molecule has 1 heterocycles. The maximum atomic E-state index is 11.0. The molecule has 0 radical (unpaired) electrons. The van der Waals surface area contributed by atoms with Gasteiger partial charge in [0.1, 0.15) is 0 Å². The van der Waals surface area contributed by atoms with E-state index in [0.29, 0.717) is 18.4 Å². The van der Waals surface area contributed by atoms with Crippen LogP contribution in [0.5, 0.6) is 0 Å². The molecule has 0 aliphatic heterocycles. The predicted molar refractivity (Wildman–Crippen MR) is 77.9 cm³/mol. The first-order chi connectivity index (χ1) is 9.49. The van der Waals surface area contributed by atoms with Crippen molar-refractivity contribution >= 4 is 22.1 Å². The molecule has 0 aliphatic rings. The highest BCUT2D eigenvalue weighted by molar-refractivity contribution is 5.99. The molecule has 0 saturated heterocycles. The van der Waals surface area contributed by atoms with Crippen LogP contribution < -0.4 is 5.32 Å². The minimum Gasteiger partial charge on any atom is -0.393 e. The smallest absolute Gasteiger partial charge is 0.278 e.